The number of hydrogen-bond acceptors (Lipinski definition) is 3. The molecule has 2 N–H and O–H groups in total. The summed E-state index contributed by atoms with van der Waals surface area (Å²) < 4.78 is 2.27. The molecule has 0 radical (unpaired) electrons. The van der Waals surface area contributed by atoms with Gasteiger partial charge in [0.1, 0.15) is 0 Å². The Morgan fingerprint density at radius 2 is 1.86 bits per heavy atom. The van der Waals surface area contributed by atoms with Crippen molar-refractivity contribution in [2.24, 2.45) is 0 Å². The van der Waals surface area contributed by atoms with E-state index < -0.39 is 0 Å². The molecule has 5 nitrogen and oxygen atoms in total. The Morgan fingerprint density at radius 1 is 1.11 bits per heavy atom. The zero-order chi connectivity index (χ0) is 19.7. The van der Waals surface area contributed by atoms with Crippen molar-refractivity contribution in [2.75, 3.05) is 13.2 Å². The fourth-order valence-corrected chi connectivity index (χ4v) is 4.49. The second-order valence-electron chi connectivity index (χ2n) is 7.04. The standard InChI is InChI=1S/C22H24N4OS/c1-15-14-18(16(2)26(15)17-8-4-3-5-9-17)21-20(19-10-6-7-11-23-19)24-22(28)25(21)12-13-27/h3-11,14,20-21,27H,12-13H2,1-2H3,(H,24,28). The highest BCUT2D eigenvalue weighted by Crippen LogP contribution is 2.41. The van der Waals surface area contributed by atoms with Crippen molar-refractivity contribution in [3.05, 3.63) is 83.4 Å². The lowest BCUT2D eigenvalue weighted by Crippen LogP contribution is -2.32. The van der Waals surface area contributed by atoms with Gasteiger partial charge >= 0.3 is 0 Å². The van der Waals surface area contributed by atoms with Gasteiger partial charge in [0.05, 0.1) is 24.4 Å². The molecule has 2 unspecified atom stereocenters. The molecule has 0 spiro atoms. The Balaban J connectivity index is 1.83. The lowest BCUT2D eigenvalue weighted by atomic mass is 9.97. The van der Waals surface area contributed by atoms with Crippen LogP contribution in [0.1, 0.15) is 34.7 Å². The molecule has 0 bridgehead atoms. The Labute approximate surface area is 170 Å². The van der Waals surface area contributed by atoms with Crippen LogP contribution in [-0.2, 0) is 0 Å². The van der Waals surface area contributed by atoms with Crippen molar-refractivity contribution < 1.29 is 5.11 Å². The number of aliphatic hydroxyl groups excluding tert-OH is 1. The quantitative estimate of drug-likeness (QED) is 0.652. The van der Waals surface area contributed by atoms with Crippen LogP contribution in [0.2, 0.25) is 0 Å². The number of hydrogen-bond donors (Lipinski definition) is 2. The summed E-state index contributed by atoms with van der Waals surface area (Å²) in [7, 11) is 0. The van der Waals surface area contributed by atoms with Gasteiger partial charge in [-0.2, -0.15) is 0 Å². The van der Waals surface area contributed by atoms with Crippen molar-refractivity contribution in [3.8, 4) is 5.69 Å². The topological polar surface area (TPSA) is 53.3 Å². The van der Waals surface area contributed by atoms with Gasteiger partial charge in [-0.15, -0.1) is 0 Å². The first kappa shape index (κ1) is 18.7. The van der Waals surface area contributed by atoms with Crippen LogP contribution < -0.4 is 5.32 Å². The molecule has 4 rings (SSSR count). The number of pyridine rings is 1. The fraction of sp³-hybridized carbons (Fsp3) is 0.273. The van der Waals surface area contributed by atoms with Crippen molar-refractivity contribution in [2.45, 2.75) is 25.9 Å². The lowest BCUT2D eigenvalue weighted by molar-refractivity contribution is 0.223. The second-order valence-corrected chi connectivity index (χ2v) is 7.43. The third-order valence-electron chi connectivity index (χ3n) is 5.34. The number of rotatable bonds is 5. The van der Waals surface area contributed by atoms with Gasteiger partial charge in [-0.3, -0.25) is 4.98 Å². The molecular formula is C22H24N4OS. The molecular weight excluding hydrogens is 368 g/mol. The lowest BCUT2D eigenvalue weighted by Gasteiger charge is -2.27. The third-order valence-corrected chi connectivity index (χ3v) is 5.69. The van der Waals surface area contributed by atoms with Crippen LogP contribution >= 0.6 is 12.2 Å². The molecule has 1 aromatic carbocycles. The Hall–Kier alpha value is -2.70. The number of aromatic nitrogens is 2. The molecule has 0 aliphatic carbocycles. The summed E-state index contributed by atoms with van der Waals surface area (Å²) in [5.41, 5.74) is 5.61. The highest BCUT2D eigenvalue weighted by atomic mass is 32.1. The first-order chi connectivity index (χ1) is 13.6. The van der Waals surface area contributed by atoms with Crippen molar-refractivity contribution in [1.82, 2.24) is 19.8 Å². The molecule has 3 aromatic rings. The summed E-state index contributed by atoms with van der Waals surface area (Å²) in [5, 5.41) is 13.7. The second kappa shape index (κ2) is 7.73. The highest BCUT2D eigenvalue weighted by Gasteiger charge is 2.41. The number of aliphatic hydroxyl groups is 1. The normalized spacial score (nSPS) is 19.1. The minimum Gasteiger partial charge on any atom is -0.395 e. The van der Waals surface area contributed by atoms with E-state index >= 15 is 0 Å². The number of benzene rings is 1. The van der Waals surface area contributed by atoms with Gasteiger partial charge in [-0.1, -0.05) is 24.3 Å². The number of para-hydroxylation sites is 1. The summed E-state index contributed by atoms with van der Waals surface area (Å²) in [5.74, 6) is 0. The molecule has 28 heavy (non-hydrogen) atoms. The van der Waals surface area contributed by atoms with Gasteiger partial charge in [0.15, 0.2) is 5.11 Å². The maximum atomic E-state index is 9.62. The van der Waals surface area contributed by atoms with Crippen LogP contribution in [0.5, 0.6) is 0 Å². The summed E-state index contributed by atoms with van der Waals surface area (Å²) in [6.45, 7) is 4.79. The number of aryl methyl sites for hydroxylation is 1. The number of nitrogens with one attached hydrogen (secondary N) is 1. The monoisotopic (exact) mass is 392 g/mol. The first-order valence-corrected chi connectivity index (χ1v) is 9.86. The predicted octanol–water partition coefficient (Wildman–Crippen LogP) is 3.45. The molecule has 0 saturated carbocycles. The van der Waals surface area contributed by atoms with E-state index in [2.05, 4.69) is 63.9 Å². The minimum absolute atomic E-state index is 0.0294. The molecule has 1 aliphatic rings. The molecule has 2 atom stereocenters. The van der Waals surface area contributed by atoms with Gasteiger partial charge in [0, 0.05) is 29.8 Å². The molecule has 1 saturated heterocycles. The van der Waals surface area contributed by atoms with Crippen LogP contribution in [0.3, 0.4) is 0 Å². The molecule has 144 valence electrons. The average molecular weight is 393 g/mol. The predicted molar refractivity (Wildman–Crippen MR) is 114 cm³/mol. The molecule has 0 amide bonds. The number of nitrogens with zero attached hydrogens (tertiary/aromatic N) is 3. The van der Waals surface area contributed by atoms with Crippen LogP contribution in [0.4, 0.5) is 0 Å². The molecule has 2 aromatic heterocycles. The fourth-order valence-electron chi connectivity index (χ4n) is 4.15. The van der Waals surface area contributed by atoms with Crippen molar-refractivity contribution in [3.63, 3.8) is 0 Å². The Morgan fingerprint density at radius 3 is 2.54 bits per heavy atom. The third kappa shape index (κ3) is 3.19. The van der Waals surface area contributed by atoms with E-state index in [0.29, 0.717) is 11.7 Å². The SMILES string of the molecule is Cc1cc(C2C(c3ccccn3)NC(=S)N2CCO)c(C)n1-c1ccccc1. The summed E-state index contributed by atoms with van der Waals surface area (Å²) in [6.07, 6.45) is 1.80. The largest absolute Gasteiger partial charge is 0.395 e. The molecule has 3 heterocycles. The summed E-state index contributed by atoms with van der Waals surface area (Å²) in [6, 6.07) is 18.4. The molecule has 6 heteroatoms. The van der Waals surface area contributed by atoms with E-state index in [0.717, 1.165) is 11.4 Å². The summed E-state index contributed by atoms with van der Waals surface area (Å²) >= 11 is 5.61. The Bertz CT molecular complexity index is 971. The van der Waals surface area contributed by atoms with E-state index in [9.17, 15) is 5.11 Å². The highest BCUT2D eigenvalue weighted by molar-refractivity contribution is 7.80. The average Bonchev–Trinajstić information content (AvgIpc) is 3.19. The Kier molecular flexibility index (Phi) is 5.15. The van der Waals surface area contributed by atoms with E-state index in [1.54, 1.807) is 6.20 Å². The van der Waals surface area contributed by atoms with E-state index in [1.165, 1.54) is 17.0 Å². The van der Waals surface area contributed by atoms with Crippen LogP contribution in [0, 0.1) is 13.8 Å². The van der Waals surface area contributed by atoms with Crippen molar-refractivity contribution >= 4 is 17.3 Å². The minimum atomic E-state index is -0.0648. The number of thiocarbonyl (C=S) groups is 1. The van der Waals surface area contributed by atoms with Gasteiger partial charge in [-0.25, -0.2) is 0 Å². The van der Waals surface area contributed by atoms with Gasteiger partial charge in [0.2, 0.25) is 0 Å². The smallest absolute Gasteiger partial charge is 0.170 e. The van der Waals surface area contributed by atoms with E-state index in [4.69, 9.17) is 12.2 Å². The molecule has 1 aliphatic heterocycles. The maximum absolute atomic E-state index is 9.62. The van der Waals surface area contributed by atoms with E-state index in [1.807, 2.05) is 24.3 Å². The maximum Gasteiger partial charge on any atom is 0.170 e. The van der Waals surface area contributed by atoms with Gasteiger partial charge in [0.25, 0.3) is 0 Å². The zero-order valence-corrected chi connectivity index (χ0v) is 16.9. The zero-order valence-electron chi connectivity index (χ0n) is 16.0. The number of β-amino-alcohol motifs (C(OH)–C–C–N with tert-alkyl or cyclic N) is 1. The first-order valence-electron chi connectivity index (χ1n) is 9.45. The van der Waals surface area contributed by atoms with Crippen molar-refractivity contribution in [1.29, 1.82) is 0 Å². The van der Waals surface area contributed by atoms with Crippen LogP contribution in [0.25, 0.3) is 5.69 Å². The van der Waals surface area contributed by atoms with Crippen LogP contribution in [-0.4, -0.2) is 37.8 Å². The van der Waals surface area contributed by atoms with Crippen LogP contribution in [0.15, 0.2) is 60.8 Å². The molecule has 1 fully saturated rings. The van der Waals surface area contributed by atoms with Gasteiger partial charge < -0.3 is 19.9 Å². The summed E-state index contributed by atoms with van der Waals surface area (Å²) in [4.78, 5) is 6.64. The van der Waals surface area contributed by atoms with Gasteiger partial charge in [-0.05, 0) is 62.0 Å². The van der Waals surface area contributed by atoms with E-state index in [-0.39, 0.29) is 18.7 Å².